The van der Waals surface area contributed by atoms with Gasteiger partial charge in [0.2, 0.25) is 5.91 Å². The number of nitrogens with one attached hydrogen (secondary N) is 1. The summed E-state index contributed by atoms with van der Waals surface area (Å²) >= 11 is 1.31. The highest BCUT2D eigenvalue weighted by atomic mass is 32.1. The van der Waals surface area contributed by atoms with Gasteiger partial charge in [-0.3, -0.25) is 4.79 Å². The zero-order valence-corrected chi connectivity index (χ0v) is 12.8. The molecule has 4 nitrogen and oxygen atoms in total. The average molecular weight is 328 g/mol. The second kappa shape index (κ2) is 6.58. The van der Waals surface area contributed by atoms with Crippen LogP contribution in [0.15, 0.2) is 53.9 Å². The second-order valence-corrected chi connectivity index (χ2v) is 5.79. The van der Waals surface area contributed by atoms with Crippen molar-refractivity contribution in [3.05, 3.63) is 65.3 Å². The van der Waals surface area contributed by atoms with E-state index in [1.165, 1.54) is 23.5 Å². The molecule has 0 saturated heterocycles. The topological polar surface area (TPSA) is 62.2 Å². The summed E-state index contributed by atoms with van der Waals surface area (Å²) in [6.07, 6.45) is 0.200. The molecule has 2 N–H and O–H groups in total. The Morgan fingerprint density at radius 1 is 1.13 bits per heavy atom. The maximum Gasteiger partial charge on any atom is 0.230 e. The number of benzene rings is 2. The van der Waals surface area contributed by atoms with Crippen LogP contribution in [0.25, 0.3) is 11.3 Å². The number of halogens is 1. The van der Waals surface area contributed by atoms with Crippen LogP contribution in [0.4, 0.5) is 9.52 Å². The van der Waals surface area contributed by atoms with Crippen molar-refractivity contribution in [1.82, 2.24) is 4.98 Å². The molecule has 6 heteroatoms. The summed E-state index contributed by atoms with van der Waals surface area (Å²) in [6, 6.07) is 12.5. The molecule has 0 aliphatic rings. The van der Waals surface area contributed by atoms with E-state index in [1.54, 1.807) is 36.4 Å². The third-order valence-electron chi connectivity index (χ3n) is 3.19. The molecule has 0 spiro atoms. The van der Waals surface area contributed by atoms with E-state index in [-0.39, 0.29) is 23.9 Å². The van der Waals surface area contributed by atoms with Gasteiger partial charge in [-0.25, -0.2) is 9.37 Å². The highest BCUT2D eigenvalue weighted by Crippen LogP contribution is 2.25. The molecule has 1 amide bonds. The third kappa shape index (κ3) is 3.92. The maximum absolute atomic E-state index is 12.9. The fourth-order valence-electron chi connectivity index (χ4n) is 2.05. The Kier molecular flexibility index (Phi) is 4.34. The monoisotopic (exact) mass is 328 g/mol. The summed E-state index contributed by atoms with van der Waals surface area (Å²) in [7, 11) is 0. The van der Waals surface area contributed by atoms with Crippen LogP contribution >= 0.6 is 11.3 Å². The zero-order chi connectivity index (χ0) is 16.2. The highest BCUT2D eigenvalue weighted by molar-refractivity contribution is 7.14. The number of anilines is 1. The molecule has 0 saturated carbocycles. The molecule has 116 valence electrons. The van der Waals surface area contributed by atoms with Gasteiger partial charge in [-0.05, 0) is 42.0 Å². The van der Waals surface area contributed by atoms with Crippen LogP contribution in [0, 0.1) is 5.82 Å². The Labute approximate surface area is 136 Å². The van der Waals surface area contributed by atoms with Gasteiger partial charge in [0.15, 0.2) is 5.13 Å². The van der Waals surface area contributed by atoms with Crippen LogP contribution < -0.4 is 5.32 Å². The van der Waals surface area contributed by atoms with Gasteiger partial charge in [-0.1, -0.05) is 12.1 Å². The van der Waals surface area contributed by atoms with Gasteiger partial charge in [0.05, 0.1) is 12.1 Å². The predicted octanol–water partition coefficient (Wildman–Crippen LogP) is 3.84. The van der Waals surface area contributed by atoms with Gasteiger partial charge >= 0.3 is 0 Å². The first kappa shape index (κ1) is 15.2. The van der Waals surface area contributed by atoms with Gasteiger partial charge in [0.25, 0.3) is 0 Å². The average Bonchev–Trinajstić information content (AvgIpc) is 2.98. The fraction of sp³-hybridized carbons (Fsp3) is 0.0588. The summed E-state index contributed by atoms with van der Waals surface area (Å²) in [5.41, 5.74) is 2.28. The number of phenolic OH excluding ortho intramolecular Hbond substituents is 1. The smallest absolute Gasteiger partial charge is 0.230 e. The molecule has 1 aromatic heterocycles. The van der Waals surface area contributed by atoms with Crippen molar-refractivity contribution in [1.29, 1.82) is 0 Å². The number of amides is 1. The minimum absolute atomic E-state index is 0.165. The Bertz CT molecular complexity index is 813. The lowest BCUT2D eigenvalue weighted by molar-refractivity contribution is -0.115. The summed E-state index contributed by atoms with van der Waals surface area (Å²) < 4.78 is 12.9. The Morgan fingerprint density at radius 3 is 2.52 bits per heavy atom. The molecule has 3 aromatic rings. The van der Waals surface area contributed by atoms with E-state index in [1.807, 2.05) is 5.38 Å². The number of carbonyl (C=O) groups excluding carboxylic acids is 1. The molecule has 1 heterocycles. The zero-order valence-electron chi connectivity index (χ0n) is 12.0. The maximum atomic E-state index is 12.9. The van der Waals surface area contributed by atoms with Crippen LogP contribution in [-0.4, -0.2) is 16.0 Å². The van der Waals surface area contributed by atoms with Crippen molar-refractivity contribution in [3.8, 4) is 17.0 Å². The van der Waals surface area contributed by atoms with Crippen molar-refractivity contribution in [2.45, 2.75) is 6.42 Å². The molecule has 0 aliphatic heterocycles. The van der Waals surface area contributed by atoms with Crippen LogP contribution in [0.2, 0.25) is 0 Å². The van der Waals surface area contributed by atoms with E-state index in [0.29, 0.717) is 10.8 Å². The SMILES string of the molecule is O=C(Cc1ccc(O)cc1)Nc1nc(-c2ccc(F)cc2)cs1. The number of hydrogen-bond donors (Lipinski definition) is 2. The van der Waals surface area contributed by atoms with Gasteiger partial charge in [-0.2, -0.15) is 0 Å². The van der Waals surface area contributed by atoms with E-state index < -0.39 is 0 Å². The predicted molar refractivity (Wildman–Crippen MR) is 87.9 cm³/mol. The molecule has 23 heavy (non-hydrogen) atoms. The number of carbonyl (C=O) groups is 1. The number of aromatic hydroxyl groups is 1. The molecule has 0 atom stereocenters. The van der Waals surface area contributed by atoms with Crippen molar-refractivity contribution < 1.29 is 14.3 Å². The summed E-state index contributed by atoms with van der Waals surface area (Å²) in [6.45, 7) is 0. The van der Waals surface area contributed by atoms with Crippen LogP contribution in [0.3, 0.4) is 0 Å². The van der Waals surface area contributed by atoms with E-state index in [4.69, 9.17) is 0 Å². The van der Waals surface area contributed by atoms with Crippen molar-refractivity contribution >= 4 is 22.4 Å². The summed E-state index contributed by atoms with van der Waals surface area (Å²) in [5, 5.41) is 14.3. The number of rotatable bonds is 4. The molecular weight excluding hydrogens is 315 g/mol. The first-order valence-electron chi connectivity index (χ1n) is 6.89. The number of hydrogen-bond acceptors (Lipinski definition) is 4. The van der Waals surface area contributed by atoms with Gasteiger partial charge in [0, 0.05) is 10.9 Å². The first-order chi connectivity index (χ1) is 11.1. The molecule has 0 fully saturated rings. The lowest BCUT2D eigenvalue weighted by Crippen LogP contribution is -2.14. The number of thiazole rings is 1. The van der Waals surface area contributed by atoms with Crippen LogP contribution in [0.5, 0.6) is 5.75 Å². The molecule has 3 rings (SSSR count). The Balaban J connectivity index is 1.65. The fourth-order valence-corrected chi connectivity index (χ4v) is 2.78. The van der Waals surface area contributed by atoms with E-state index in [0.717, 1.165) is 11.1 Å². The number of nitrogens with zero attached hydrogens (tertiary/aromatic N) is 1. The Morgan fingerprint density at radius 2 is 1.83 bits per heavy atom. The number of aromatic nitrogens is 1. The minimum atomic E-state index is -0.300. The molecule has 2 aromatic carbocycles. The molecule has 0 unspecified atom stereocenters. The van der Waals surface area contributed by atoms with Crippen LogP contribution in [0.1, 0.15) is 5.56 Å². The van der Waals surface area contributed by atoms with E-state index in [9.17, 15) is 14.3 Å². The first-order valence-corrected chi connectivity index (χ1v) is 7.77. The van der Waals surface area contributed by atoms with E-state index >= 15 is 0 Å². The lowest BCUT2D eigenvalue weighted by atomic mass is 10.1. The Hall–Kier alpha value is -2.73. The van der Waals surface area contributed by atoms with Gasteiger partial charge < -0.3 is 10.4 Å². The van der Waals surface area contributed by atoms with Gasteiger partial charge in [-0.15, -0.1) is 11.3 Å². The molecule has 0 bridgehead atoms. The number of phenols is 1. The quantitative estimate of drug-likeness (QED) is 0.765. The van der Waals surface area contributed by atoms with Crippen LogP contribution in [-0.2, 0) is 11.2 Å². The van der Waals surface area contributed by atoms with Crippen molar-refractivity contribution in [2.75, 3.05) is 5.32 Å². The normalized spacial score (nSPS) is 10.5. The third-order valence-corrected chi connectivity index (χ3v) is 3.95. The van der Waals surface area contributed by atoms with Crippen molar-refractivity contribution in [2.24, 2.45) is 0 Å². The molecule has 0 aliphatic carbocycles. The summed E-state index contributed by atoms with van der Waals surface area (Å²) in [4.78, 5) is 16.3. The largest absolute Gasteiger partial charge is 0.508 e. The second-order valence-electron chi connectivity index (χ2n) is 4.94. The standard InChI is InChI=1S/C17H13FN2O2S/c18-13-5-3-12(4-6-13)15-10-23-17(19-15)20-16(22)9-11-1-7-14(21)8-2-11/h1-8,10,21H,9H2,(H,19,20,22). The highest BCUT2D eigenvalue weighted by Gasteiger charge is 2.09. The molecular formula is C17H13FN2O2S. The lowest BCUT2D eigenvalue weighted by Gasteiger charge is -2.02. The van der Waals surface area contributed by atoms with Gasteiger partial charge in [0.1, 0.15) is 11.6 Å². The van der Waals surface area contributed by atoms with E-state index in [2.05, 4.69) is 10.3 Å². The molecule has 0 radical (unpaired) electrons. The van der Waals surface area contributed by atoms with Crippen molar-refractivity contribution in [3.63, 3.8) is 0 Å². The minimum Gasteiger partial charge on any atom is -0.508 e. The summed E-state index contributed by atoms with van der Waals surface area (Å²) in [5.74, 6) is -0.319.